The predicted molar refractivity (Wildman–Crippen MR) is 72.2 cm³/mol. The number of rotatable bonds is 6. The first-order valence-electron chi connectivity index (χ1n) is 5.58. The molecule has 0 N–H and O–H groups in total. The molecule has 0 saturated carbocycles. The van der Waals surface area contributed by atoms with Crippen LogP contribution in [0.25, 0.3) is 0 Å². The molecule has 0 bridgehead atoms. The molecule has 0 aliphatic heterocycles. The highest BCUT2D eigenvalue weighted by Gasteiger charge is 2.20. The zero-order valence-electron chi connectivity index (χ0n) is 9.13. The standard InChI is InChI=1S/C12H18Cl2Si/c1-2-3-5-10-12(15(13)14)11-8-6-4-7-9-11/h4,6-9,12,15H,2-3,5,10H2,1H3. The van der Waals surface area contributed by atoms with Crippen molar-refractivity contribution in [1.82, 2.24) is 0 Å². The van der Waals surface area contributed by atoms with Gasteiger partial charge in [-0.2, -0.15) is 0 Å². The van der Waals surface area contributed by atoms with Crippen molar-refractivity contribution < 1.29 is 0 Å². The summed E-state index contributed by atoms with van der Waals surface area (Å²) in [6.45, 7) is 2.22. The van der Waals surface area contributed by atoms with Crippen LogP contribution in [0.5, 0.6) is 0 Å². The first kappa shape index (κ1) is 13.1. The van der Waals surface area contributed by atoms with E-state index in [9.17, 15) is 0 Å². The molecule has 84 valence electrons. The lowest BCUT2D eigenvalue weighted by Gasteiger charge is -2.16. The second-order valence-electron chi connectivity index (χ2n) is 3.85. The van der Waals surface area contributed by atoms with Gasteiger partial charge in [0.1, 0.15) is 0 Å². The summed E-state index contributed by atoms with van der Waals surface area (Å²) in [4.78, 5) is 0. The second-order valence-corrected chi connectivity index (χ2v) is 8.81. The maximum absolute atomic E-state index is 6.16. The largest absolute Gasteiger partial charge is 0.244 e. The third-order valence-electron chi connectivity index (χ3n) is 2.65. The molecular formula is C12H18Cl2Si. The summed E-state index contributed by atoms with van der Waals surface area (Å²) in [6.07, 6.45) is 4.90. The van der Waals surface area contributed by atoms with Gasteiger partial charge in [-0.15, -0.1) is 22.2 Å². The van der Waals surface area contributed by atoms with Crippen LogP contribution in [0.15, 0.2) is 30.3 Å². The average Bonchev–Trinajstić information content (AvgIpc) is 2.25. The highest BCUT2D eigenvalue weighted by molar-refractivity contribution is 7.34. The Morgan fingerprint density at radius 3 is 2.33 bits per heavy atom. The molecule has 1 unspecified atom stereocenters. The summed E-state index contributed by atoms with van der Waals surface area (Å²) in [5.41, 5.74) is 1.73. The molecule has 0 fully saturated rings. The Bertz CT molecular complexity index is 262. The van der Waals surface area contributed by atoms with E-state index >= 15 is 0 Å². The number of halogens is 2. The van der Waals surface area contributed by atoms with E-state index < -0.39 is 7.42 Å². The van der Waals surface area contributed by atoms with Crippen LogP contribution in [0, 0.1) is 0 Å². The van der Waals surface area contributed by atoms with E-state index in [1.165, 1.54) is 24.8 Å². The van der Waals surface area contributed by atoms with Crippen molar-refractivity contribution in [2.75, 3.05) is 0 Å². The minimum atomic E-state index is -1.61. The molecule has 0 radical (unpaired) electrons. The number of unbranched alkanes of at least 4 members (excludes halogenated alkanes) is 2. The lowest BCUT2D eigenvalue weighted by Crippen LogP contribution is -2.11. The van der Waals surface area contributed by atoms with Gasteiger partial charge in [-0.25, -0.2) is 0 Å². The molecular weight excluding hydrogens is 243 g/mol. The third-order valence-corrected chi connectivity index (χ3v) is 5.80. The van der Waals surface area contributed by atoms with E-state index in [-0.39, 0.29) is 0 Å². The van der Waals surface area contributed by atoms with Gasteiger partial charge in [-0.1, -0.05) is 56.5 Å². The topological polar surface area (TPSA) is 0 Å². The lowest BCUT2D eigenvalue weighted by atomic mass is 10.1. The fourth-order valence-corrected chi connectivity index (χ4v) is 4.38. The van der Waals surface area contributed by atoms with Crippen LogP contribution in [0.4, 0.5) is 0 Å². The van der Waals surface area contributed by atoms with Gasteiger partial charge < -0.3 is 0 Å². The van der Waals surface area contributed by atoms with Gasteiger partial charge in [0.05, 0.1) is 0 Å². The third kappa shape index (κ3) is 4.58. The van der Waals surface area contributed by atoms with Crippen molar-refractivity contribution in [3.63, 3.8) is 0 Å². The molecule has 1 aromatic carbocycles. The molecule has 0 aliphatic carbocycles. The van der Waals surface area contributed by atoms with Crippen LogP contribution in [0.2, 0.25) is 0 Å². The Kier molecular flexibility index (Phi) is 6.38. The van der Waals surface area contributed by atoms with E-state index in [1.54, 1.807) is 0 Å². The molecule has 0 heterocycles. The summed E-state index contributed by atoms with van der Waals surface area (Å²) < 4.78 is 0. The minimum absolute atomic E-state index is 0.418. The van der Waals surface area contributed by atoms with Crippen molar-refractivity contribution in [1.29, 1.82) is 0 Å². The molecule has 1 atom stereocenters. The van der Waals surface area contributed by atoms with Gasteiger partial charge in [0.2, 0.25) is 7.42 Å². The maximum atomic E-state index is 6.16. The Labute approximate surface area is 104 Å². The van der Waals surface area contributed by atoms with Crippen LogP contribution in [-0.4, -0.2) is 7.42 Å². The van der Waals surface area contributed by atoms with E-state index in [1.807, 2.05) is 6.07 Å². The smallest absolute Gasteiger partial charge is 0.150 e. The van der Waals surface area contributed by atoms with E-state index in [0.717, 1.165) is 6.42 Å². The molecule has 0 aliphatic rings. The minimum Gasteiger partial charge on any atom is -0.150 e. The molecule has 0 amide bonds. The Hall–Kier alpha value is 0.0169. The van der Waals surface area contributed by atoms with Gasteiger partial charge in [-0.05, 0) is 12.0 Å². The summed E-state index contributed by atoms with van der Waals surface area (Å²) in [6, 6.07) is 10.4. The molecule has 1 aromatic rings. The molecule has 1 rings (SSSR count). The zero-order valence-corrected chi connectivity index (χ0v) is 11.8. The van der Waals surface area contributed by atoms with Crippen molar-refractivity contribution in [2.24, 2.45) is 0 Å². The zero-order chi connectivity index (χ0) is 11.1. The van der Waals surface area contributed by atoms with Gasteiger partial charge in [0.25, 0.3) is 0 Å². The predicted octanol–water partition coefficient (Wildman–Crippen LogP) is 4.59. The fourth-order valence-electron chi connectivity index (χ4n) is 1.75. The van der Waals surface area contributed by atoms with Crippen LogP contribution in [-0.2, 0) is 0 Å². The Morgan fingerprint density at radius 1 is 1.13 bits per heavy atom. The average molecular weight is 261 g/mol. The molecule has 0 aromatic heterocycles. The quantitative estimate of drug-likeness (QED) is 0.399. The van der Waals surface area contributed by atoms with Crippen molar-refractivity contribution in [3.8, 4) is 0 Å². The molecule has 0 spiro atoms. The SMILES string of the molecule is CCCCCC(c1ccccc1)[SiH](Cl)Cl. The molecule has 3 heteroatoms. The van der Waals surface area contributed by atoms with Gasteiger partial charge in [-0.3, -0.25) is 0 Å². The van der Waals surface area contributed by atoms with Crippen LogP contribution in [0.3, 0.4) is 0 Å². The van der Waals surface area contributed by atoms with Crippen LogP contribution < -0.4 is 0 Å². The molecule has 15 heavy (non-hydrogen) atoms. The monoisotopic (exact) mass is 260 g/mol. The van der Waals surface area contributed by atoms with E-state index in [2.05, 4.69) is 31.2 Å². The van der Waals surface area contributed by atoms with Crippen molar-refractivity contribution in [3.05, 3.63) is 35.9 Å². The van der Waals surface area contributed by atoms with E-state index in [0.29, 0.717) is 5.54 Å². The number of hydrogen-bond acceptors (Lipinski definition) is 0. The summed E-state index contributed by atoms with van der Waals surface area (Å²) >= 11 is 12.3. The van der Waals surface area contributed by atoms with Gasteiger partial charge in [0, 0.05) is 5.54 Å². The first-order valence-corrected chi connectivity index (χ1v) is 9.74. The lowest BCUT2D eigenvalue weighted by molar-refractivity contribution is 0.653. The summed E-state index contributed by atoms with van der Waals surface area (Å²) in [7, 11) is -1.61. The van der Waals surface area contributed by atoms with Crippen LogP contribution in [0.1, 0.15) is 43.7 Å². The van der Waals surface area contributed by atoms with Gasteiger partial charge >= 0.3 is 0 Å². The maximum Gasteiger partial charge on any atom is 0.244 e. The van der Waals surface area contributed by atoms with Crippen LogP contribution >= 0.6 is 22.2 Å². The molecule has 0 nitrogen and oxygen atoms in total. The Morgan fingerprint density at radius 2 is 1.80 bits per heavy atom. The summed E-state index contributed by atoms with van der Waals surface area (Å²) in [5, 5.41) is 0. The summed E-state index contributed by atoms with van der Waals surface area (Å²) in [5.74, 6) is 0. The Balaban J connectivity index is 2.58. The molecule has 0 saturated heterocycles. The second kappa shape index (κ2) is 7.32. The first-order chi connectivity index (χ1) is 7.25. The van der Waals surface area contributed by atoms with Gasteiger partial charge in [0.15, 0.2) is 0 Å². The van der Waals surface area contributed by atoms with Crippen molar-refractivity contribution >= 4 is 29.6 Å². The normalized spacial score (nSPS) is 13.1. The highest BCUT2D eigenvalue weighted by Crippen LogP contribution is 2.28. The highest BCUT2D eigenvalue weighted by atomic mass is 35.7. The van der Waals surface area contributed by atoms with E-state index in [4.69, 9.17) is 22.2 Å². The fraction of sp³-hybridized carbons (Fsp3) is 0.500. The number of benzene rings is 1. The van der Waals surface area contributed by atoms with Crippen molar-refractivity contribution in [2.45, 2.75) is 38.1 Å². The number of hydrogen-bond donors (Lipinski definition) is 0.